The normalized spacial score (nSPS) is 11.8. The largest absolute Gasteiger partial charge is 0.344 e. The first kappa shape index (κ1) is 24.0. The van der Waals surface area contributed by atoms with Gasteiger partial charge >= 0.3 is 0 Å². The molecule has 0 aliphatic rings. The lowest BCUT2D eigenvalue weighted by molar-refractivity contribution is 1.01. The van der Waals surface area contributed by atoms with Crippen molar-refractivity contribution in [1.29, 1.82) is 0 Å². The van der Waals surface area contributed by atoms with Crippen molar-refractivity contribution in [3.63, 3.8) is 0 Å². The van der Waals surface area contributed by atoms with E-state index >= 15 is 0 Å². The molecule has 2 heteroatoms. The van der Waals surface area contributed by atoms with Gasteiger partial charge in [-0.05, 0) is 87.6 Å². The molecule has 2 aromatic heterocycles. The summed E-state index contributed by atoms with van der Waals surface area (Å²) >= 11 is 0. The van der Waals surface area contributed by atoms with Gasteiger partial charge in [-0.15, -0.1) is 0 Å². The molecular weight excluding hydrogens is 520 g/mol. The zero-order valence-corrected chi connectivity index (χ0v) is 23.8. The van der Waals surface area contributed by atoms with Gasteiger partial charge in [0.2, 0.25) is 0 Å². The van der Waals surface area contributed by atoms with Crippen molar-refractivity contribution in [3.8, 4) is 27.9 Å². The Labute approximate surface area is 249 Å². The van der Waals surface area contributed by atoms with E-state index < -0.39 is 0 Å². The minimum atomic E-state index is 1.17. The second kappa shape index (κ2) is 9.20. The van der Waals surface area contributed by atoms with Crippen LogP contribution < -0.4 is 0 Å². The number of fused-ring (bicyclic) bond motifs is 7. The molecule has 0 spiro atoms. The molecule has 2 nitrogen and oxygen atoms in total. The third kappa shape index (κ3) is 3.67. The molecule has 0 amide bonds. The number of para-hydroxylation sites is 2. The van der Waals surface area contributed by atoms with Crippen LogP contribution in [0.1, 0.15) is 0 Å². The first-order valence-corrected chi connectivity index (χ1v) is 14.8. The average molecular weight is 549 g/mol. The highest BCUT2D eigenvalue weighted by Crippen LogP contribution is 2.37. The lowest BCUT2D eigenvalue weighted by Gasteiger charge is -2.11. The van der Waals surface area contributed by atoms with E-state index in [-0.39, 0.29) is 0 Å². The van der Waals surface area contributed by atoms with Gasteiger partial charge in [-0.3, -0.25) is 0 Å². The molecule has 0 unspecified atom stereocenters. The van der Waals surface area contributed by atoms with E-state index in [2.05, 4.69) is 168 Å². The summed E-state index contributed by atoms with van der Waals surface area (Å²) in [6.07, 6.45) is 0. The number of aromatic nitrogens is 2. The van der Waals surface area contributed by atoms with E-state index in [4.69, 9.17) is 0 Å². The highest BCUT2D eigenvalue weighted by atomic mass is 15.0. The standard InChI is InChI=1S/C41H28N2/c1-42-38-15-6-4-13-34(38)36-25-31(19-21-39(36)42)32-20-22-41-37(26-32)35-14-5-7-16-40(35)43(41)33-12-8-11-29(24-33)30-18-17-27-9-2-3-10-28(27)23-30/h2-26H,1H3. The molecule has 0 fully saturated rings. The third-order valence-corrected chi connectivity index (χ3v) is 9.11. The topological polar surface area (TPSA) is 9.86 Å². The number of hydrogen-bond acceptors (Lipinski definition) is 0. The Morgan fingerprint density at radius 2 is 0.884 bits per heavy atom. The van der Waals surface area contributed by atoms with Gasteiger partial charge in [0.1, 0.15) is 0 Å². The number of benzene rings is 7. The molecule has 7 aromatic carbocycles. The van der Waals surface area contributed by atoms with Crippen molar-refractivity contribution in [1.82, 2.24) is 9.13 Å². The lowest BCUT2D eigenvalue weighted by atomic mass is 10.0. The van der Waals surface area contributed by atoms with Gasteiger partial charge in [-0.1, -0.05) is 97.1 Å². The summed E-state index contributed by atoms with van der Waals surface area (Å²) in [5.41, 5.74) is 11.0. The number of hydrogen-bond donors (Lipinski definition) is 0. The van der Waals surface area contributed by atoms with Crippen molar-refractivity contribution in [2.45, 2.75) is 0 Å². The first-order chi connectivity index (χ1) is 21.2. The van der Waals surface area contributed by atoms with Crippen LogP contribution in [0, 0.1) is 0 Å². The first-order valence-electron chi connectivity index (χ1n) is 14.8. The second-order valence-corrected chi connectivity index (χ2v) is 11.5. The summed E-state index contributed by atoms with van der Waals surface area (Å²) in [6, 6.07) is 55.5. The number of aryl methyl sites for hydroxylation is 1. The molecule has 0 saturated carbocycles. The second-order valence-electron chi connectivity index (χ2n) is 11.5. The molecule has 0 N–H and O–H groups in total. The summed E-state index contributed by atoms with van der Waals surface area (Å²) in [7, 11) is 2.15. The molecule has 0 aliphatic heterocycles. The average Bonchev–Trinajstić information content (AvgIpc) is 3.56. The fourth-order valence-corrected chi connectivity index (χ4v) is 6.97. The Balaban J connectivity index is 1.21. The van der Waals surface area contributed by atoms with Crippen LogP contribution >= 0.6 is 0 Å². The van der Waals surface area contributed by atoms with Crippen molar-refractivity contribution < 1.29 is 0 Å². The minimum absolute atomic E-state index is 1.17. The van der Waals surface area contributed by atoms with E-state index in [0.717, 1.165) is 0 Å². The third-order valence-electron chi connectivity index (χ3n) is 9.11. The molecule has 43 heavy (non-hydrogen) atoms. The molecule has 9 rings (SSSR count). The highest BCUT2D eigenvalue weighted by molar-refractivity contribution is 6.12. The molecule has 0 saturated heterocycles. The van der Waals surface area contributed by atoms with Gasteiger partial charge in [-0.2, -0.15) is 0 Å². The minimum Gasteiger partial charge on any atom is -0.344 e. The van der Waals surface area contributed by atoms with E-state index in [1.165, 1.54) is 82.3 Å². The zero-order chi connectivity index (χ0) is 28.5. The van der Waals surface area contributed by atoms with Gasteiger partial charge in [-0.25, -0.2) is 0 Å². The molecule has 2 heterocycles. The van der Waals surface area contributed by atoms with E-state index in [1.807, 2.05) is 0 Å². The maximum atomic E-state index is 2.41. The Hall–Kier alpha value is -5.60. The van der Waals surface area contributed by atoms with Gasteiger partial charge in [0.05, 0.1) is 11.0 Å². The summed E-state index contributed by atoms with van der Waals surface area (Å²) in [4.78, 5) is 0. The van der Waals surface area contributed by atoms with Gasteiger partial charge in [0.25, 0.3) is 0 Å². The van der Waals surface area contributed by atoms with Crippen LogP contribution in [0.5, 0.6) is 0 Å². The number of nitrogens with zero attached hydrogens (tertiary/aromatic N) is 2. The summed E-state index contributed by atoms with van der Waals surface area (Å²) in [6.45, 7) is 0. The van der Waals surface area contributed by atoms with Crippen LogP contribution in [0.4, 0.5) is 0 Å². The van der Waals surface area contributed by atoms with E-state index in [9.17, 15) is 0 Å². The van der Waals surface area contributed by atoms with Crippen LogP contribution in [0.25, 0.3) is 82.3 Å². The fourth-order valence-electron chi connectivity index (χ4n) is 6.97. The monoisotopic (exact) mass is 548 g/mol. The van der Waals surface area contributed by atoms with Crippen LogP contribution in [-0.4, -0.2) is 9.13 Å². The Kier molecular flexibility index (Phi) is 5.15. The van der Waals surface area contributed by atoms with Gasteiger partial charge in [0, 0.05) is 45.3 Å². The summed E-state index contributed by atoms with van der Waals surface area (Å²) in [5.74, 6) is 0. The van der Waals surface area contributed by atoms with Crippen molar-refractivity contribution >= 4 is 54.4 Å². The van der Waals surface area contributed by atoms with Crippen LogP contribution in [0.2, 0.25) is 0 Å². The van der Waals surface area contributed by atoms with Crippen LogP contribution in [-0.2, 0) is 7.05 Å². The van der Waals surface area contributed by atoms with Crippen molar-refractivity contribution in [3.05, 3.63) is 152 Å². The maximum Gasteiger partial charge on any atom is 0.0541 e. The molecular formula is C41H28N2. The highest BCUT2D eigenvalue weighted by Gasteiger charge is 2.15. The fraction of sp³-hybridized carbons (Fsp3) is 0.0244. The van der Waals surface area contributed by atoms with Gasteiger partial charge < -0.3 is 9.13 Å². The summed E-state index contributed by atoms with van der Waals surface area (Å²) < 4.78 is 4.70. The molecule has 0 atom stereocenters. The molecule has 0 aliphatic carbocycles. The van der Waals surface area contributed by atoms with Crippen molar-refractivity contribution in [2.75, 3.05) is 0 Å². The predicted octanol–water partition coefficient (Wildman–Crippen LogP) is 10.9. The molecule has 0 radical (unpaired) electrons. The van der Waals surface area contributed by atoms with Crippen molar-refractivity contribution in [2.24, 2.45) is 7.05 Å². The van der Waals surface area contributed by atoms with E-state index in [1.54, 1.807) is 0 Å². The maximum absolute atomic E-state index is 2.41. The molecule has 202 valence electrons. The van der Waals surface area contributed by atoms with E-state index in [0.29, 0.717) is 0 Å². The zero-order valence-electron chi connectivity index (χ0n) is 23.8. The molecule has 9 aromatic rings. The van der Waals surface area contributed by atoms with Gasteiger partial charge in [0.15, 0.2) is 0 Å². The lowest BCUT2D eigenvalue weighted by Crippen LogP contribution is -1.94. The Morgan fingerprint density at radius 3 is 1.70 bits per heavy atom. The predicted molar refractivity (Wildman–Crippen MR) is 183 cm³/mol. The van der Waals surface area contributed by atoms with Crippen LogP contribution in [0.15, 0.2) is 152 Å². The molecule has 0 bridgehead atoms. The summed E-state index contributed by atoms with van der Waals surface area (Å²) in [5, 5.41) is 7.65. The SMILES string of the molecule is Cn1c2ccccc2c2cc(-c3ccc4c(c3)c3ccccc3n4-c3cccc(-c4ccc5ccccc5c4)c3)ccc21. The number of rotatable bonds is 3. The Morgan fingerprint density at radius 1 is 0.349 bits per heavy atom. The Bertz CT molecular complexity index is 2520. The van der Waals surface area contributed by atoms with Crippen LogP contribution in [0.3, 0.4) is 0 Å². The smallest absolute Gasteiger partial charge is 0.0541 e. The quantitative estimate of drug-likeness (QED) is 0.208.